The van der Waals surface area contributed by atoms with E-state index in [4.69, 9.17) is 5.73 Å². The van der Waals surface area contributed by atoms with Crippen LogP contribution in [0.25, 0.3) is 0 Å². The number of hydrogen-bond acceptors (Lipinski definition) is 2. The largest absolute Gasteiger partial charge is 0.398 e. The second-order valence-corrected chi connectivity index (χ2v) is 3.40. The summed E-state index contributed by atoms with van der Waals surface area (Å²) in [6.45, 7) is 0.786. The normalized spacial score (nSPS) is 13.5. The Morgan fingerprint density at radius 1 is 1.45 bits per heavy atom. The predicted molar refractivity (Wildman–Crippen MR) is 49.9 cm³/mol. The molecule has 0 radical (unpaired) electrons. The highest BCUT2D eigenvalue weighted by Crippen LogP contribution is 2.25. The number of hydrogen-bond donors (Lipinski definition) is 1. The highest BCUT2D eigenvalue weighted by molar-refractivity contribution is 9.10. The molecule has 1 aliphatic rings. The van der Waals surface area contributed by atoms with E-state index in [1.165, 1.54) is 5.56 Å². The van der Waals surface area contributed by atoms with Crippen LogP contribution in [0.15, 0.2) is 21.6 Å². The molecule has 0 atom stereocenters. The summed E-state index contributed by atoms with van der Waals surface area (Å²) in [6, 6.07) is 3.97. The first-order valence-electron chi connectivity index (χ1n) is 3.35. The third kappa shape index (κ3) is 1.05. The maximum absolute atomic E-state index is 5.68. The van der Waals surface area contributed by atoms with Crippen LogP contribution >= 0.6 is 15.9 Å². The molecule has 2 rings (SSSR count). The molecule has 0 saturated carbocycles. The summed E-state index contributed by atoms with van der Waals surface area (Å²) >= 11 is 3.37. The minimum atomic E-state index is 0.775. The second-order valence-electron chi connectivity index (χ2n) is 2.54. The molecule has 1 aromatic rings. The third-order valence-electron chi connectivity index (χ3n) is 1.75. The zero-order valence-corrected chi connectivity index (χ0v) is 7.43. The predicted octanol–water partition coefficient (Wildman–Crippen LogP) is 1.96. The van der Waals surface area contributed by atoms with Crippen molar-refractivity contribution in [3.05, 3.63) is 27.7 Å². The fraction of sp³-hybridized carbons (Fsp3) is 0.125. The van der Waals surface area contributed by atoms with Gasteiger partial charge in [-0.05, 0) is 39.2 Å². The monoisotopic (exact) mass is 210 g/mol. The molecule has 0 aliphatic carbocycles. The van der Waals surface area contributed by atoms with Gasteiger partial charge < -0.3 is 5.73 Å². The molecule has 2 N–H and O–H groups in total. The van der Waals surface area contributed by atoms with E-state index in [-0.39, 0.29) is 0 Å². The Balaban J connectivity index is 2.63. The van der Waals surface area contributed by atoms with E-state index in [0.29, 0.717) is 0 Å². The van der Waals surface area contributed by atoms with Crippen molar-refractivity contribution in [3.8, 4) is 0 Å². The van der Waals surface area contributed by atoms with Crippen molar-refractivity contribution in [2.45, 2.75) is 6.54 Å². The lowest BCUT2D eigenvalue weighted by atomic mass is 10.1. The van der Waals surface area contributed by atoms with E-state index in [2.05, 4.69) is 20.9 Å². The Labute approximate surface area is 73.3 Å². The SMILES string of the molecule is Nc1cc2c(cc1Br)CN=C2. The Hall–Kier alpha value is -0.830. The molecule has 11 heavy (non-hydrogen) atoms. The summed E-state index contributed by atoms with van der Waals surface area (Å²) in [7, 11) is 0. The van der Waals surface area contributed by atoms with Crippen LogP contribution in [0.4, 0.5) is 5.69 Å². The molecule has 0 bridgehead atoms. The summed E-state index contributed by atoms with van der Waals surface area (Å²) in [6.07, 6.45) is 1.86. The van der Waals surface area contributed by atoms with Crippen LogP contribution in [-0.4, -0.2) is 6.21 Å². The molecule has 1 aromatic carbocycles. The van der Waals surface area contributed by atoms with Crippen LogP contribution in [0.1, 0.15) is 11.1 Å². The minimum Gasteiger partial charge on any atom is -0.398 e. The van der Waals surface area contributed by atoms with Gasteiger partial charge in [-0.25, -0.2) is 0 Å². The van der Waals surface area contributed by atoms with Crippen molar-refractivity contribution in [3.63, 3.8) is 0 Å². The van der Waals surface area contributed by atoms with Crippen molar-refractivity contribution in [1.82, 2.24) is 0 Å². The van der Waals surface area contributed by atoms with Crippen molar-refractivity contribution < 1.29 is 0 Å². The quantitative estimate of drug-likeness (QED) is 0.654. The second kappa shape index (κ2) is 2.34. The molecule has 0 spiro atoms. The number of rotatable bonds is 0. The summed E-state index contributed by atoms with van der Waals surface area (Å²) in [5, 5.41) is 0. The standard InChI is InChI=1S/C8H7BrN2/c9-7-1-5-3-11-4-6(5)2-8(7)10/h1-2,4H,3,10H2. The van der Waals surface area contributed by atoms with E-state index in [9.17, 15) is 0 Å². The molecular weight excluding hydrogens is 204 g/mol. The smallest absolute Gasteiger partial charge is 0.0646 e. The number of halogens is 1. The van der Waals surface area contributed by atoms with E-state index in [0.717, 1.165) is 22.3 Å². The van der Waals surface area contributed by atoms with E-state index >= 15 is 0 Å². The van der Waals surface area contributed by atoms with Gasteiger partial charge in [0.1, 0.15) is 0 Å². The Morgan fingerprint density at radius 3 is 3.09 bits per heavy atom. The van der Waals surface area contributed by atoms with Crippen molar-refractivity contribution in [2.75, 3.05) is 5.73 Å². The lowest BCUT2D eigenvalue weighted by Gasteiger charge is -2.01. The van der Waals surface area contributed by atoms with E-state index < -0.39 is 0 Å². The molecule has 1 aliphatic heterocycles. The Kier molecular flexibility index (Phi) is 1.46. The van der Waals surface area contributed by atoms with Gasteiger partial charge >= 0.3 is 0 Å². The highest BCUT2D eigenvalue weighted by Gasteiger charge is 2.07. The number of nitrogens with zero attached hydrogens (tertiary/aromatic N) is 1. The van der Waals surface area contributed by atoms with Crippen molar-refractivity contribution >= 4 is 27.8 Å². The third-order valence-corrected chi connectivity index (χ3v) is 2.44. The summed E-state index contributed by atoms with van der Waals surface area (Å²) in [5.74, 6) is 0. The van der Waals surface area contributed by atoms with Crippen LogP contribution in [0.3, 0.4) is 0 Å². The number of nitrogens with two attached hydrogens (primary N) is 1. The average molecular weight is 211 g/mol. The summed E-state index contributed by atoms with van der Waals surface area (Å²) in [5.41, 5.74) is 8.85. The molecule has 0 saturated heterocycles. The Morgan fingerprint density at radius 2 is 2.27 bits per heavy atom. The Bertz CT molecular complexity index is 331. The van der Waals surface area contributed by atoms with Gasteiger partial charge in [0.25, 0.3) is 0 Å². The van der Waals surface area contributed by atoms with Crippen LogP contribution in [0.5, 0.6) is 0 Å². The number of fused-ring (bicyclic) bond motifs is 1. The van der Waals surface area contributed by atoms with Gasteiger partial charge in [-0.3, -0.25) is 4.99 Å². The molecular formula is C8H7BrN2. The number of aliphatic imine (C=N–C) groups is 1. The van der Waals surface area contributed by atoms with Crippen LogP contribution in [0.2, 0.25) is 0 Å². The van der Waals surface area contributed by atoms with Gasteiger partial charge in [0.15, 0.2) is 0 Å². The van der Waals surface area contributed by atoms with Gasteiger partial charge in [-0.15, -0.1) is 0 Å². The molecule has 0 fully saturated rings. The molecule has 0 aromatic heterocycles. The van der Waals surface area contributed by atoms with Crippen molar-refractivity contribution in [2.24, 2.45) is 4.99 Å². The fourth-order valence-electron chi connectivity index (χ4n) is 1.15. The maximum atomic E-state index is 5.68. The van der Waals surface area contributed by atoms with Crippen LogP contribution < -0.4 is 5.73 Å². The minimum absolute atomic E-state index is 0.775. The maximum Gasteiger partial charge on any atom is 0.0646 e. The van der Waals surface area contributed by atoms with E-state index in [1.807, 2.05) is 18.3 Å². The van der Waals surface area contributed by atoms with Crippen molar-refractivity contribution in [1.29, 1.82) is 0 Å². The first-order valence-corrected chi connectivity index (χ1v) is 4.14. The fourth-order valence-corrected chi connectivity index (χ4v) is 1.54. The molecule has 1 heterocycles. The molecule has 0 amide bonds. The van der Waals surface area contributed by atoms with Gasteiger partial charge in [-0.1, -0.05) is 0 Å². The van der Waals surface area contributed by atoms with Gasteiger partial charge in [0.2, 0.25) is 0 Å². The van der Waals surface area contributed by atoms with Gasteiger partial charge in [-0.2, -0.15) is 0 Å². The molecule has 3 heteroatoms. The number of benzene rings is 1. The van der Waals surface area contributed by atoms with Gasteiger partial charge in [0.05, 0.1) is 6.54 Å². The zero-order valence-electron chi connectivity index (χ0n) is 5.84. The molecule has 2 nitrogen and oxygen atoms in total. The van der Waals surface area contributed by atoms with Crippen LogP contribution in [-0.2, 0) is 6.54 Å². The molecule has 56 valence electrons. The highest BCUT2D eigenvalue weighted by atomic mass is 79.9. The lowest BCUT2D eigenvalue weighted by Crippen LogP contribution is -1.91. The number of anilines is 1. The summed E-state index contributed by atoms with van der Waals surface area (Å²) in [4.78, 5) is 4.13. The first-order chi connectivity index (χ1) is 5.27. The number of nitrogen functional groups attached to an aromatic ring is 1. The van der Waals surface area contributed by atoms with E-state index in [1.54, 1.807) is 0 Å². The zero-order chi connectivity index (χ0) is 7.84. The summed E-state index contributed by atoms with van der Waals surface area (Å²) < 4.78 is 0.960. The van der Waals surface area contributed by atoms with Crippen LogP contribution in [0, 0.1) is 0 Å². The lowest BCUT2D eigenvalue weighted by molar-refractivity contribution is 1.11. The van der Waals surface area contributed by atoms with Gasteiger partial charge in [0, 0.05) is 16.4 Å². The average Bonchev–Trinajstić information content (AvgIpc) is 2.36. The topological polar surface area (TPSA) is 38.4 Å². The first kappa shape index (κ1) is 6.85. The molecule has 0 unspecified atom stereocenters.